The number of aromatic amines is 1. The first kappa shape index (κ1) is 18.4. The van der Waals surface area contributed by atoms with Gasteiger partial charge in [0, 0.05) is 35.1 Å². The van der Waals surface area contributed by atoms with E-state index >= 15 is 0 Å². The minimum Gasteiger partial charge on any atom is -0.497 e. The van der Waals surface area contributed by atoms with E-state index in [9.17, 15) is 4.39 Å². The second-order valence-corrected chi connectivity index (χ2v) is 9.66. The van der Waals surface area contributed by atoms with Crippen LogP contribution in [0.2, 0.25) is 0 Å². The quantitative estimate of drug-likeness (QED) is 0.657. The van der Waals surface area contributed by atoms with Gasteiger partial charge in [-0.1, -0.05) is 18.2 Å². The lowest BCUT2D eigenvalue weighted by Crippen LogP contribution is -2.54. The molecule has 3 nitrogen and oxygen atoms in total. The maximum absolute atomic E-state index is 14.8. The number of nitrogens with zero attached hydrogens (tertiary/aromatic N) is 1. The van der Waals surface area contributed by atoms with Gasteiger partial charge in [-0.25, -0.2) is 4.39 Å². The van der Waals surface area contributed by atoms with Gasteiger partial charge >= 0.3 is 0 Å². The first-order valence-corrected chi connectivity index (χ1v) is 11.3. The fourth-order valence-corrected chi connectivity index (χ4v) is 6.14. The Morgan fingerprint density at radius 3 is 2.90 bits per heavy atom. The zero-order valence-electron chi connectivity index (χ0n) is 17.6. The molecule has 0 radical (unpaired) electrons. The van der Waals surface area contributed by atoms with Gasteiger partial charge in [0.1, 0.15) is 11.6 Å². The molecule has 0 bridgehead atoms. The van der Waals surface area contributed by atoms with Crippen LogP contribution in [-0.2, 0) is 18.3 Å². The van der Waals surface area contributed by atoms with E-state index in [1.54, 1.807) is 13.2 Å². The minimum atomic E-state index is -0.0930. The summed E-state index contributed by atoms with van der Waals surface area (Å²) in [6, 6.07) is 14.1. The highest BCUT2D eigenvalue weighted by Gasteiger charge is 2.48. The Kier molecular flexibility index (Phi) is 4.21. The second kappa shape index (κ2) is 6.84. The van der Waals surface area contributed by atoms with Crippen LogP contribution in [0.5, 0.6) is 5.75 Å². The molecule has 6 rings (SSSR count). The average molecular weight is 405 g/mol. The maximum atomic E-state index is 14.8. The van der Waals surface area contributed by atoms with Gasteiger partial charge < -0.3 is 14.6 Å². The molecule has 3 aliphatic rings. The molecule has 1 aromatic heterocycles. The van der Waals surface area contributed by atoms with Crippen LogP contribution in [0.3, 0.4) is 0 Å². The van der Waals surface area contributed by atoms with E-state index in [1.165, 1.54) is 36.2 Å². The number of H-pyrrole nitrogens is 1. The monoisotopic (exact) mass is 404 g/mol. The van der Waals surface area contributed by atoms with Crippen molar-refractivity contribution in [2.75, 3.05) is 26.7 Å². The normalized spacial score (nSPS) is 26.4. The van der Waals surface area contributed by atoms with Crippen molar-refractivity contribution in [1.82, 2.24) is 9.88 Å². The maximum Gasteiger partial charge on any atom is 0.132 e. The van der Waals surface area contributed by atoms with Gasteiger partial charge in [0.25, 0.3) is 0 Å². The highest BCUT2D eigenvalue weighted by Crippen LogP contribution is 2.50. The lowest BCUT2D eigenvalue weighted by molar-refractivity contribution is 0.0782. The molecule has 0 spiro atoms. The molecule has 1 aliphatic heterocycles. The molecule has 2 heterocycles. The SMILES string of the molecule is COc1cccc([C@]23CCN(CC4CC4)CC2Cc2c([nH]c4cccc(F)c24)C3)c1. The number of rotatable bonds is 4. The van der Waals surface area contributed by atoms with Crippen molar-refractivity contribution in [1.29, 1.82) is 0 Å². The van der Waals surface area contributed by atoms with Crippen molar-refractivity contribution in [3.8, 4) is 5.75 Å². The number of halogens is 1. The van der Waals surface area contributed by atoms with E-state index in [0.29, 0.717) is 5.92 Å². The number of ether oxygens (including phenoxy) is 1. The van der Waals surface area contributed by atoms with Gasteiger partial charge in [0.2, 0.25) is 0 Å². The summed E-state index contributed by atoms with van der Waals surface area (Å²) in [6.07, 6.45) is 5.81. The summed E-state index contributed by atoms with van der Waals surface area (Å²) in [7, 11) is 1.74. The van der Waals surface area contributed by atoms with Crippen molar-refractivity contribution < 1.29 is 9.13 Å². The summed E-state index contributed by atoms with van der Waals surface area (Å²) >= 11 is 0. The molecule has 1 saturated carbocycles. The number of benzene rings is 2. The Morgan fingerprint density at radius 2 is 2.07 bits per heavy atom. The molecule has 2 aliphatic carbocycles. The molecule has 156 valence electrons. The van der Waals surface area contributed by atoms with E-state index in [1.807, 2.05) is 18.2 Å². The van der Waals surface area contributed by atoms with Gasteiger partial charge in [-0.2, -0.15) is 0 Å². The summed E-state index contributed by atoms with van der Waals surface area (Å²) in [5.41, 5.74) is 4.83. The summed E-state index contributed by atoms with van der Waals surface area (Å²) < 4.78 is 20.3. The van der Waals surface area contributed by atoms with Gasteiger partial charge in [0.15, 0.2) is 0 Å². The van der Waals surface area contributed by atoms with E-state index < -0.39 is 0 Å². The Hall–Kier alpha value is -2.33. The van der Waals surface area contributed by atoms with Gasteiger partial charge in [0.05, 0.1) is 7.11 Å². The minimum absolute atomic E-state index is 0.0823. The van der Waals surface area contributed by atoms with Crippen molar-refractivity contribution >= 4 is 10.9 Å². The average Bonchev–Trinajstić information content (AvgIpc) is 3.50. The Morgan fingerprint density at radius 1 is 1.20 bits per heavy atom. The number of methoxy groups -OCH3 is 1. The van der Waals surface area contributed by atoms with E-state index in [2.05, 4.69) is 28.1 Å². The van der Waals surface area contributed by atoms with Crippen molar-refractivity contribution in [3.63, 3.8) is 0 Å². The number of fused-ring (bicyclic) bond motifs is 4. The number of likely N-dealkylation sites (tertiary alicyclic amines) is 1. The molecule has 2 fully saturated rings. The molecule has 3 aromatic rings. The number of hydrogen-bond donors (Lipinski definition) is 1. The lowest BCUT2D eigenvalue weighted by Gasteiger charge is -2.51. The van der Waals surface area contributed by atoms with Crippen LogP contribution in [0.1, 0.15) is 36.1 Å². The summed E-state index contributed by atoms with van der Waals surface area (Å²) in [4.78, 5) is 6.26. The molecular weight excluding hydrogens is 375 g/mol. The van der Waals surface area contributed by atoms with Crippen molar-refractivity contribution in [2.45, 2.75) is 37.5 Å². The third-order valence-electron chi connectivity index (χ3n) is 7.90. The molecular formula is C26H29FN2O. The van der Waals surface area contributed by atoms with Crippen LogP contribution in [0.25, 0.3) is 10.9 Å². The zero-order chi connectivity index (χ0) is 20.3. The summed E-state index contributed by atoms with van der Waals surface area (Å²) in [6.45, 7) is 3.49. The van der Waals surface area contributed by atoms with Gasteiger partial charge in [-0.05, 0) is 85.9 Å². The third-order valence-corrected chi connectivity index (χ3v) is 7.90. The molecule has 1 unspecified atom stereocenters. The standard InChI is InChI=1S/C26H29FN2O/c1-30-20-5-2-4-18(12-20)26-10-11-29(15-17-8-9-17)16-19(26)13-21-24(14-26)28-23-7-3-6-22(27)25(21)23/h2-7,12,17,19,28H,8-11,13-16H2,1H3/t19?,26-/m1/s1. The smallest absolute Gasteiger partial charge is 0.132 e. The third kappa shape index (κ3) is 2.88. The molecule has 0 amide bonds. The van der Waals surface area contributed by atoms with Crippen molar-refractivity contribution in [2.24, 2.45) is 11.8 Å². The highest BCUT2D eigenvalue weighted by molar-refractivity contribution is 5.85. The predicted molar refractivity (Wildman–Crippen MR) is 118 cm³/mol. The number of nitrogens with one attached hydrogen (secondary N) is 1. The first-order valence-electron chi connectivity index (χ1n) is 11.3. The summed E-state index contributed by atoms with van der Waals surface area (Å²) in [5, 5.41) is 0.811. The van der Waals surface area contributed by atoms with Crippen LogP contribution in [0.15, 0.2) is 42.5 Å². The predicted octanol–water partition coefficient (Wildman–Crippen LogP) is 5.08. The molecule has 2 atom stereocenters. The molecule has 1 saturated heterocycles. The topological polar surface area (TPSA) is 28.3 Å². The first-order chi connectivity index (χ1) is 14.7. The van der Waals surface area contributed by atoms with Gasteiger partial charge in [-0.15, -0.1) is 0 Å². The molecule has 1 N–H and O–H groups in total. The zero-order valence-corrected chi connectivity index (χ0v) is 17.6. The molecule has 4 heteroatoms. The van der Waals surface area contributed by atoms with Gasteiger partial charge in [-0.3, -0.25) is 0 Å². The lowest BCUT2D eigenvalue weighted by atomic mass is 9.58. The second-order valence-electron chi connectivity index (χ2n) is 9.66. The van der Waals surface area contributed by atoms with E-state index in [0.717, 1.165) is 54.9 Å². The van der Waals surface area contributed by atoms with Crippen LogP contribution in [0, 0.1) is 17.7 Å². The fourth-order valence-electron chi connectivity index (χ4n) is 6.14. The van der Waals surface area contributed by atoms with E-state index in [-0.39, 0.29) is 11.2 Å². The highest BCUT2D eigenvalue weighted by atomic mass is 19.1. The van der Waals surface area contributed by atoms with Crippen molar-refractivity contribution in [3.05, 3.63) is 65.1 Å². The molecule has 2 aromatic carbocycles. The molecule has 30 heavy (non-hydrogen) atoms. The van der Waals surface area contributed by atoms with Crippen LogP contribution in [0.4, 0.5) is 4.39 Å². The number of aromatic nitrogens is 1. The Labute approximate surface area is 177 Å². The number of hydrogen-bond acceptors (Lipinski definition) is 2. The largest absolute Gasteiger partial charge is 0.497 e. The number of piperidine rings is 1. The van der Waals surface area contributed by atoms with Crippen LogP contribution in [-0.4, -0.2) is 36.6 Å². The Balaban J connectivity index is 1.45. The Bertz CT molecular complexity index is 1100. The summed E-state index contributed by atoms with van der Waals surface area (Å²) in [5.74, 6) is 2.22. The van der Waals surface area contributed by atoms with E-state index in [4.69, 9.17) is 4.74 Å². The fraction of sp³-hybridized carbons (Fsp3) is 0.462. The van der Waals surface area contributed by atoms with Crippen LogP contribution >= 0.6 is 0 Å². The van der Waals surface area contributed by atoms with Crippen LogP contribution < -0.4 is 4.74 Å².